The summed E-state index contributed by atoms with van der Waals surface area (Å²) in [5.74, 6) is -0.193. The number of ketones is 3. The minimum atomic E-state index is -1.00. The third-order valence-corrected chi connectivity index (χ3v) is 9.34. The lowest BCUT2D eigenvalue weighted by atomic mass is 10.0. The van der Waals surface area contributed by atoms with Gasteiger partial charge in [0.2, 0.25) is 0 Å². The summed E-state index contributed by atoms with van der Waals surface area (Å²) in [6.45, 7) is 5.45. The van der Waals surface area contributed by atoms with Crippen molar-refractivity contribution in [3.05, 3.63) is 46.2 Å². The fraction of sp³-hybridized carbons (Fsp3) is 0.375. The average molecular weight is 627 g/mol. The number of thiophene rings is 2. The molecule has 4 aromatic rings. The van der Waals surface area contributed by atoms with Gasteiger partial charge >= 0.3 is 5.97 Å². The first-order valence-corrected chi connectivity index (χ1v) is 15.4. The smallest absolute Gasteiger partial charge is 0.306 e. The van der Waals surface area contributed by atoms with Crippen LogP contribution in [0.3, 0.4) is 0 Å². The Morgan fingerprint density at radius 2 is 1.14 bits per heavy atom. The number of benzene rings is 2. The molecule has 228 valence electrons. The second-order valence-corrected chi connectivity index (χ2v) is 12.5. The van der Waals surface area contributed by atoms with Crippen molar-refractivity contribution in [1.82, 2.24) is 0 Å². The molecule has 0 aliphatic heterocycles. The van der Waals surface area contributed by atoms with E-state index >= 15 is 0 Å². The van der Waals surface area contributed by atoms with Crippen LogP contribution in [0.4, 0.5) is 0 Å². The molecule has 9 nitrogen and oxygen atoms in total. The normalized spacial score (nSPS) is 12.6. The molecule has 0 spiro atoms. The van der Waals surface area contributed by atoms with Crippen LogP contribution in [-0.4, -0.2) is 55.9 Å². The molecule has 43 heavy (non-hydrogen) atoms. The predicted molar refractivity (Wildman–Crippen MR) is 167 cm³/mol. The van der Waals surface area contributed by atoms with Crippen molar-refractivity contribution in [1.29, 1.82) is 0 Å². The van der Waals surface area contributed by atoms with Gasteiger partial charge in [-0.05, 0) is 42.0 Å². The molecule has 0 unspecified atom stereocenters. The standard InChI is InChI=1S/C32H34O9S2/c1-17(19(3)33)9-22(34)30-13-20-11-26(24(38-4)15-28(20)42-30)40-7-6-8-41-27-12-21-14-31(23(35)10-18(2)32(36)37)43-29(21)16-25(27)39-5/h11-18H,6-10H2,1-5H3,(H,36,37)/t17-,18-/m0/s1. The largest absolute Gasteiger partial charge is 0.493 e. The number of rotatable bonds is 16. The highest BCUT2D eigenvalue weighted by atomic mass is 32.1. The lowest BCUT2D eigenvalue weighted by Crippen LogP contribution is -2.13. The van der Waals surface area contributed by atoms with Crippen LogP contribution in [-0.2, 0) is 9.59 Å². The van der Waals surface area contributed by atoms with Crippen LogP contribution >= 0.6 is 22.7 Å². The lowest BCUT2D eigenvalue weighted by Gasteiger charge is -2.13. The van der Waals surface area contributed by atoms with Gasteiger partial charge in [-0.3, -0.25) is 19.2 Å². The van der Waals surface area contributed by atoms with Gasteiger partial charge in [0, 0.05) is 46.7 Å². The Morgan fingerprint density at radius 3 is 1.53 bits per heavy atom. The van der Waals surface area contributed by atoms with Crippen molar-refractivity contribution < 1.29 is 43.2 Å². The summed E-state index contributed by atoms with van der Waals surface area (Å²) in [6.07, 6.45) is 0.670. The number of carboxylic acid groups (broad SMARTS) is 1. The third kappa shape index (κ3) is 7.71. The SMILES string of the molecule is COc1cc2sc(C(=O)C[C@H](C)C(C)=O)cc2cc1OCCCOc1cc2cc(C(=O)C[C@H](C)C(=O)O)sc2cc1OC. The molecule has 0 fully saturated rings. The molecule has 1 N–H and O–H groups in total. The van der Waals surface area contributed by atoms with Crippen molar-refractivity contribution in [2.24, 2.45) is 11.8 Å². The van der Waals surface area contributed by atoms with Gasteiger partial charge in [0.05, 0.1) is 43.1 Å². The molecule has 0 saturated carbocycles. The van der Waals surface area contributed by atoms with E-state index in [2.05, 4.69) is 0 Å². The van der Waals surface area contributed by atoms with Gasteiger partial charge in [-0.2, -0.15) is 0 Å². The van der Waals surface area contributed by atoms with E-state index in [9.17, 15) is 19.2 Å². The number of hydrogen-bond donors (Lipinski definition) is 1. The van der Waals surface area contributed by atoms with E-state index < -0.39 is 11.9 Å². The first-order chi connectivity index (χ1) is 20.5. The number of carboxylic acids is 1. The van der Waals surface area contributed by atoms with E-state index in [-0.39, 0.29) is 36.1 Å². The summed E-state index contributed by atoms with van der Waals surface area (Å²) in [5.41, 5.74) is 0. The number of carbonyl (C=O) groups excluding carboxylic acids is 3. The maximum atomic E-state index is 12.7. The third-order valence-electron chi connectivity index (χ3n) is 7.06. The van der Waals surface area contributed by atoms with E-state index in [0.29, 0.717) is 52.4 Å². The first kappa shape index (κ1) is 32.0. The zero-order chi connectivity index (χ0) is 31.3. The highest BCUT2D eigenvalue weighted by Gasteiger charge is 2.21. The fourth-order valence-electron chi connectivity index (χ4n) is 4.33. The van der Waals surface area contributed by atoms with E-state index in [1.807, 2.05) is 30.3 Å². The molecule has 0 saturated heterocycles. The number of fused-ring (bicyclic) bond motifs is 2. The molecule has 0 amide bonds. The minimum Gasteiger partial charge on any atom is -0.493 e. The second-order valence-electron chi connectivity index (χ2n) is 10.4. The van der Waals surface area contributed by atoms with Gasteiger partial charge in [-0.15, -0.1) is 22.7 Å². The number of hydrogen-bond acceptors (Lipinski definition) is 10. The number of Topliss-reactive ketones (excluding diaryl/α,β-unsaturated/α-hetero) is 3. The zero-order valence-corrected chi connectivity index (χ0v) is 26.3. The molecular weight excluding hydrogens is 592 g/mol. The van der Waals surface area contributed by atoms with E-state index in [1.54, 1.807) is 27.2 Å². The number of methoxy groups -OCH3 is 2. The summed E-state index contributed by atoms with van der Waals surface area (Å²) in [5, 5.41) is 10.8. The van der Waals surface area contributed by atoms with Crippen LogP contribution in [0.2, 0.25) is 0 Å². The number of aliphatic carboxylic acids is 1. The molecule has 2 aromatic heterocycles. The maximum absolute atomic E-state index is 12.7. The Bertz CT molecular complexity index is 1540. The fourth-order valence-corrected chi connectivity index (χ4v) is 6.37. The number of carbonyl (C=O) groups is 4. The summed E-state index contributed by atoms with van der Waals surface area (Å²) >= 11 is 2.66. The van der Waals surface area contributed by atoms with Crippen molar-refractivity contribution in [2.45, 2.75) is 40.0 Å². The molecular formula is C32H34O9S2. The molecule has 0 radical (unpaired) electrons. The second kappa shape index (κ2) is 14.0. The predicted octanol–water partition coefficient (Wildman–Crippen LogP) is 7.07. The quantitative estimate of drug-likeness (QED) is 0.103. The highest BCUT2D eigenvalue weighted by molar-refractivity contribution is 7.21. The monoisotopic (exact) mass is 626 g/mol. The van der Waals surface area contributed by atoms with Gasteiger partial charge in [-0.25, -0.2) is 0 Å². The topological polar surface area (TPSA) is 125 Å². The average Bonchev–Trinajstić information content (AvgIpc) is 3.59. The Hall–Kier alpha value is -3.96. The molecule has 4 rings (SSSR count). The van der Waals surface area contributed by atoms with Gasteiger partial charge in [0.1, 0.15) is 5.78 Å². The summed E-state index contributed by atoms with van der Waals surface area (Å²) in [7, 11) is 3.10. The maximum Gasteiger partial charge on any atom is 0.306 e. The van der Waals surface area contributed by atoms with Gasteiger partial charge in [0.25, 0.3) is 0 Å². The lowest BCUT2D eigenvalue weighted by molar-refractivity contribution is -0.141. The van der Waals surface area contributed by atoms with Crippen molar-refractivity contribution in [3.8, 4) is 23.0 Å². The summed E-state index contributed by atoms with van der Waals surface area (Å²) in [4.78, 5) is 49.0. The molecule has 0 aliphatic carbocycles. The van der Waals surface area contributed by atoms with Crippen molar-refractivity contribution in [3.63, 3.8) is 0 Å². The van der Waals surface area contributed by atoms with Crippen molar-refractivity contribution >= 4 is 66.2 Å². The highest BCUT2D eigenvalue weighted by Crippen LogP contribution is 2.39. The van der Waals surface area contributed by atoms with Gasteiger partial charge < -0.3 is 24.1 Å². The van der Waals surface area contributed by atoms with Crippen molar-refractivity contribution in [2.75, 3.05) is 27.4 Å². The zero-order valence-electron chi connectivity index (χ0n) is 24.7. The Kier molecular flexibility index (Phi) is 10.4. The van der Waals surface area contributed by atoms with Gasteiger partial charge in [0.15, 0.2) is 34.6 Å². The minimum absolute atomic E-state index is 0.00784. The first-order valence-electron chi connectivity index (χ1n) is 13.8. The van der Waals surface area contributed by atoms with Crippen LogP contribution < -0.4 is 18.9 Å². The Morgan fingerprint density at radius 1 is 0.698 bits per heavy atom. The molecule has 2 heterocycles. The number of ether oxygens (including phenoxy) is 4. The molecule has 11 heteroatoms. The van der Waals surface area contributed by atoms with E-state index in [0.717, 1.165) is 20.2 Å². The molecule has 2 aromatic carbocycles. The summed E-state index contributed by atoms with van der Waals surface area (Å²) < 4.78 is 24.7. The van der Waals surface area contributed by atoms with Gasteiger partial charge in [-0.1, -0.05) is 13.8 Å². The Labute approximate surface area is 257 Å². The van der Waals surface area contributed by atoms with E-state index in [1.165, 1.54) is 36.5 Å². The van der Waals surface area contributed by atoms with Crippen LogP contribution in [0.25, 0.3) is 20.2 Å². The molecule has 0 aliphatic rings. The van der Waals surface area contributed by atoms with E-state index in [4.69, 9.17) is 24.1 Å². The molecule has 2 atom stereocenters. The molecule has 0 bridgehead atoms. The van der Waals surface area contributed by atoms with Crippen LogP contribution in [0.15, 0.2) is 36.4 Å². The van der Waals surface area contributed by atoms with Crippen LogP contribution in [0, 0.1) is 11.8 Å². The Balaban J connectivity index is 1.38. The summed E-state index contributed by atoms with van der Waals surface area (Å²) in [6, 6.07) is 10.9. The van der Waals surface area contributed by atoms with Crippen LogP contribution in [0.5, 0.6) is 23.0 Å². The van der Waals surface area contributed by atoms with Crippen LogP contribution in [0.1, 0.15) is 59.4 Å².